The second-order valence-electron chi connectivity index (χ2n) is 5.04. The maximum absolute atomic E-state index is 13.0. The molecule has 2 N–H and O–H groups in total. The van der Waals surface area contributed by atoms with E-state index in [1.807, 2.05) is 6.07 Å². The minimum Gasteiger partial charge on any atom is -0.395 e. The number of hydrogen-bond donors (Lipinski definition) is 2. The highest BCUT2D eigenvalue weighted by Crippen LogP contribution is 2.24. The van der Waals surface area contributed by atoms with E-state index in [1.54, 1.807) is 25.4 Å². The molecule has 0 bridgehead atoms. The second-order valence-corrected chi connectivity index (χ2v) is 5.04. The quantitative estimate of drug-likeness (QED) is 0.881. The number of aliphatic hydroxyl groups excluding tert-OH is 1. The molecule has 1 atom stereocenters. The van der Waals surface area contributed by atoms with Gasteiger partial charge in [-0.05, 0) is 36.2 Å². The number of rotatable bonds is 5. The molecule has 1 amide bonds. The molecule has 0 aliphatic carbocycles. The Labute approximate surface area is 122 Å². The van der Waals surface area contributed by atoms with Crippen molar-refractivity contribution in [3.8, 4) is 0 Å². The van der Waals surface area contributed by atoms with E-state index in [-0.39, 0.29) is 18.3 Å². The molecule has 0 unspecified atom stereocenters. The van der Waals surface area contributed by atoms with Crippen molar-refractivity contribution in [1.82, 2.24) is 10.3 Å². The summed E-state index contributed by atoms with van der Waals surface area (Å²) >= 11 is 0. The molecule has 1 heterocycles. The number of amides is 1. The van der Waals surface area contributed by atoms with Gasteiger partial charge in [-0.3, -0.25) is 9.78 Å². The molecule has 110 valence electrons. The van der Waals surface area contributed by atoms with Crippen molar-refractivity contribution in [2.24, 2.45) is 0 Å². The number of pyridine rings is 1. The lowest BCUT2D eigenvalue weighted by molar-refractivity contribution is -0.127. The third kappa shape index (κ3) is 3.44. The summed E-state index contributed by atoms with van der Waals surface area (Å²) in [6.07, 6.45) is 3.32. The standard InChI is InChI=1S/C16H17FN2O2/c1-16(11-20,13-4-6-14(17)7-5-13)15(21)19-10-12-3-2-8-18-9-12/h2-9,20H,10-11H2,1H3,(H,19,21)/t16-/m0/s1. The SMILES string of the molecule is C[C@@](CO)(C(=O)NCc1cccnc1)c1ccc(F)cc1. The summed E-state index contributed by atoms with van der Waals surface area (Å²) in [5.74, 6) is -0.699. The van der Waals surface area contributed by atoms with E-state index < -0.39 is 5.41 Å². The van der Waals surface area contributed by atoms with E-state index in [0.717, 1.165) is 5.56 Å². The Morgan fingerprint density at radius 2 is 2.05 bits per heavy atom. The molecular weight excluding hydrogens is 271 g/mol. The zero-order valence-corrected chi connectivity index (χ0v) is 11.7. The van der Waals surface area contributed by atoms with E-state index in [0.29, 0.717) is 12.1 Å². The monoisotopic (exact) mass is 288 g/mol. The lowest BCUT2D eigenvalue weighted by Crippen LogP contribution is -2.44. The Bertz CT molecular complexity index is 601. The van der Waals surface area contributed by atoms with Crippen LogP contribution in [0, 0.1) is 5.82 Å². The zero-order valence-electron chi connectivity index (χ0n) is 11.7. The summed E-state index contributed by atoms with van der Waals surface area (Å²) in [7, 11) is 0. The van der Waals surface area contributed by atoms with Crippen molar-refractivity contribution in [1.29, 1.82) is 0 Å². The fraction of sp³-hybridized carbons (Fsp3) is 0.250. The first-order valence-electron chi connectivity index (χ1n) is 6.60. The maximum Gasteiger partial charge on any atom is 0.232 e. The lowest BCUT2D eigenvalue weighted by Gasteiger charge is -2.26. The number of halogens is 1. The minimum atomic E-state index is -1.12. The zero-order chi connectivity index (χ0) is 15.3. The van der Waals surface area contributed by atoms with Crippen LogP contribution < -0.4 is 5.32 Å². The Hall–Kier alpha value is -2.27. The highest BCUT2D eigenvalue weighted by molar-refractivity contribution is 5.87. The van der Waals surface area contributed by atoms with Gasteiger partial charge in [0.2, 0.25) is 5.91 Å². The number of aliphatic hydroxyl groups is 1. The molecule has 2 aromatic rings. The van der Waals surface area contributed by atoms with Crippen molar-refractivity contribution in [2.45, 2.75) is 18.9 Å². The van der Waals surface area contributed by atoms with Gasteiger partial charge < -0.3 is 10.4 Å². The summed E-state index contributed by atoms with van der Waals surface area (Å²) in [5.41, 5.74) is 0.316. The highest BCUT2D eigenvalue weighted by atomic mass is 19.1. The van der Waals surface area contributed by atoms with Gasteiger partial charge in [0.05, 0.1) is 12.0 Å². The topological polar surface area (TPSA) is 62.2 Å². The van der Waals surface area contributed by atoms with Crippen LogP contribution >= 0.6 is 0 Å². The molecule has 0 saturated carbocycles. The summed E-state index contributed by atoms with van der Waals surface area (Å²) in [5, 5.41) is 12.4. The van der Waals surface area contributed by atoms with E-state index in [2.05, 4.69) is 10.3 Å². The number of carbonyl (C=O) groups is 1. The molecule has 0 saturated heterocycles. The molecule has 1 aromatic heterocycles. The first-order chi connectivity index (χ1) is 10.1. The predicted molar refractivity (Wildman–Crippen MR) is 76.9 cm³/mol. The van der Waals surface area contributed by atoms with Gasteiger partial charge in [0.15, 0.2) is 0 Å². The number of hydrogen-bond acceptors (Lipinski definition) is 3. The van der Waals surface area contributed by atoms with E-state index in [1.165, 1.54) is 24.3 Å². The molecule has 0 spiro atoms. The number of nitrogens with one attached hydrogen (secondary N) is 1. The highest BCUT2D eigenvalue weighted by Gasteiger charge is 2.34. The van der Waals surface area contributed by atoms with Gasteiger partial charge in [-0.1, -0.05) is 18.2 Å². The molecule has 4 nitrogen and oxygen atoms in total. The van der Waals surface area contributed by atoms with Crippen molar-refractivity contribution in [2.75, 3.05) is 6.61 Å². The van der Waals surface area contributed by atoms with Crippen LogP contribution in [-0.4, -0.2) is 22.6 Å². The largest absolute Gasteiger partial charge is 0.395 e. The normalized spacial score (nSPS) is 13.5. The van der Waals surface area contributed by atoms with Gasteiger partial charge >= 0.3 is 0 Å². The fourth-order valence-electron chi connectivity index (χ4n) is 1.99. The summed E-state index contributed by atoms with van der Waals surface area (Å²) in [4.78, 5) is 16.3. The summed E-state index contributed by atoms with van der Waals surface area (Å²) in [6, 6.07) is 9.20. The molecule has 0 fully saturated rings. The summed E-state index contributed by atoms with van der Waals surface area (Å²) < 4.78 is 13.0. The van der Waals surface area contributed by atoms with Gasteiger partial charge in [-0.15, -0.1) is 0 Å². The van der Waals surface area contributed by atoms with E-state index in [9.17, 15) is 14.3 Å². The smallest absolute Gasteiger partial charge is 0.232 e. The number of benzene rings is 1. The van der Waals surface area contributed by atoms with Crippen molar-refractivity contribution >= 4 is 5.91 Å². The van der Waals surface area contributed by atoms with Gasteiger partial charge in [0.25, 0.3) is 0 Å². The fourth-order valence-corrected chi connectivity index (χ4v) is 1.99. The first kappa shape index (κ1) is 15.1. The Morgan fingerprint density at radius 3 is 2.62 bits per heavy atom. The van der Waals surface area contributed by atoms with Crippen LogP contribution in [0.3, 0.4) is 0 Å². The molecular formula is C16H17FN2O2. The summed E-state index contributed by atoms with van der Waals surface area (Å²) in [6.45, 7) is 1.58. The van der Waals surface area contributed by atoms with Crippen LogP contribution in [0.1, 0.15) is 18.1 Å². The molecule has 5 heteroatoms. The molecule has 1 aromatic carbocycles. The van der Waals surface area contributed by atoms with Gasteiger partial charge in [0.1, 0.15) is 5.82 Å². The first-order valence-corrected chi connectivity index (χ1v) is 6.60. The molecule has 0 aliphatic rings. The molecule has 0 radical (unpaired) electrons. The van der Waals surface area contributed by atoms with Crippen LogP contribution in [0.2, 0.25) is 0 Å². The molecule has 0 aliphatic heterocycles. The minimum absolute atomic E-state index is 0.319. The Kier molecular flexibility index (Phi) is 4.65. The third-order valence-electron chi connectivity index (χ3n) is 3.47. The van der Waals surface area contributed by atoms with Gasteiger partial charge in [-0.2, -0.15) is 0 Å². The molecule has 2 rings (SSSR count). The second kappa shape index (κ2) is 6.45. The Balaban J connectivity index is 2.12. The van der Waals surface area contributed by atoms with E-state index in [4.69, 9.17) is 0 Å². The average molecular weight is 288 g/mol. The van der Waals surface area contributed by atoms with Crippen molar-refractivity contribution < 1.29 is 14.3 Å². The third-order valence-corrected chi connectivity index (χ3v) is 3.47. The molecule has 21 heavy (non-hydrogen) atoms. The van der Waals surface area contributed by atoms with Crippen LogP contribution in [0.15, 0.2) is 48.8 Å². The van der Waals surface area contributed by atoms with Crippen LogP contribution in [-0.2, 0) is 16.8 Å². The van der Waals surface area contributed by atoms with Crippen molar-refractivity contribution in [3.05, 3.63) is 65.7 Å². The van der Waals surface area contributed by atoms with Gasteiger partial charge in [0, 0.05) is 18.9 Å². The van der Waals surface area contributed by atoms with Crippen LogP contribution in [0.4, 0.5) is 4.39 Å². The van der Waals surface area contributed by atoms with Crippen molar-refractivity contribution in [3.63, 3.8) is 0 Å². The predicted octanol–water partition coefficient (Wildman–Crippen LogP) is 1.79. The average Bonchev–Trinajstić information content (AvgIpc) is 2.53. The van der Waals surface area contributed by atoms with Crippen LogP contribution in [0.5, 0.6) is 0 Å². The maximum atomic E-state index is 13.0. The lowest BCUT2D eigenvalue weighted by atomic mass is 9.82. The van der Waals surface area contributed by atoms with Gasteiger partial charge in [-0.25, -0.2) is 4.39 Å². The Morgan fingerprint density at radius 1 is 1.33 bits per heavy atom. The number of carbonyl (C=O) groups excluding carboxylic acids is 1. The number of aromatic nitrogens is 1. The number of nitrogens with zero attached hydrogens (tertiary/aromatic N) is 1. The van der Waals surface area contributed by atoms with Crippen LogP contribution in [0.25, 0.3) is 0 Å². The van der Waals surface area contributed by atoms with E-state index >= 15 is 0 Å².